The van der Waals surface area contributed by atoms with Crippen molar-refractivity contribution in [3.8, 4) is 5.75 Å². The molecule has 1 N–H and O–H groups in total. The monoisotopic (exact) mass is 461 g/mol. The lowest BCUT2D eigenvalue weighted by Gasteiger charge is -2.32. The molecule has 0 bridgehead atoms. The second-order valence-electron chi connectivity index (χ2n) is 7.79. The van der Waals surface area contributed by atoms with E-state index in [0.717, 1.165) is 16.1 Å². The molecule has 8 nitrogen and oxygen atoms in total. The van der Waals surface area contributed by atoms with E-state index in [4.69, 9.17) is 4.74 Å². The molecule has 0 aliphatic rings. The fraction of sp³-hybridized carbons (Fsp3) is 0.391. The van der Waals surface area contributed by atoms with Crippen molar-refractivity contribution in [1.82, 2.24) is 10.2 Å². The van der Waals surface area contributed by atoms with Gasteiger partial charge in [-0.2, -0.15) is 0 Å². The van der Waals surface area contributed by atoms with Crippen LogP contribution in [0.5, 0.6) is 5.75 Å². The Morgan fingerprint density at radius 3 is 2.16 bits per heavy atom. The molecular weight excluding hydrogens is 430 g/mol. The number of hydrogen-bond donors (Lipinski definition) is 1. The Balaban J connectivity index is 2.40. The lowest BCUT2D eigenvalue weighted by molar-refractivity contribution is -0.139. The van der Waals surface area contributed by atoms with Crippen LogP contribution in [-0.4, -0.2) is 57.1 Å². The fourth-order valence-corrected chi connectivity index (χ4v) is 4.05. The predicted octanol–water partition coefficient (Wildman–Crippen LogP) is 2.40. The second-order valence-corrected chi connectivity index (χ2v) is 9.69. The maximum Gasteiger partial charge on any atom is 0.244 e. The smallest absolute Gasteiger partial charge is 0.244 e. The molecule has 0 saturated heterocycles. The first-order valence-electron chi connectivity index (χ1n) is 10.3. The molecule has 0 radical (unpaired) electrons. The summed E-state index contributed by atoms with van der Waals surface area (Å²) >= 11 is 0. The molecule has 2 amide bonds. The van der Waals surface area contributed by atoms with Crippen LogP contribution < -0.4 is 14.4 Å². The van der Waals surface area contributed by atoms with Gasteiger partial charge in [0, 0.05) is 12.6 Å². The third kappa shape index (κ3) is 6.71. The Labute approximate surface area is 190 Å². The molecule has 0 aromatic heterocycles. The van der Waals surface area contributed by atoms with Gasteiger partial charge in [0.2, 0.25) is 21.8 Å². The van der Waals surface area contributed by atoms with Gasteiger partial charge < -0.3 is 15.0 Å². The van der Waals surface area contributed by atoms with Crippen molar-refractivity contribution >= 4 is 27.5 Å². The normalized spacial score (nSPS) is 12.2. The van der Waals surface area contributed by atoms with Crippen LogP contribution >= 0.6 is 0 Å². The zero-order chi connectivity index (χ0) is 23.9. The summed E-state index contributed by atoms with van der Waals surface area (Å²) in [5.41, 5.74) is 1.08. The van der Waals surface area contributed by atoms with Gasteiger partial charge in [-0.3, -0.25) is 13.9 Å². The first-order chi connectivity index (χ1) is 15.0. The number of nitrogens with one attached hydrogen (secondary N) is 1. The summed E-state index contributed by atoms with van der Waals surface area (Å²) in [6.45, 7) is 5.00. The van der Waals surface area contributed by atoms with Crippen molar-refractivity contribution in [3.63, 3.8) is 0 Å². The highest BCUT2D eigenvalue weighted by molar-refractivity contribution is 7.92. The van der Waals surface area contributed by atoms with E-state index in [-0.39, 0.29) is 24.2 Å². The van der Waals surface area contributed by atoms with Crippen molar-refractivity contribution in [1.29, 1.82) is 0 Å². The summed E-state index contributed by atoms with van der Waals surface area (Å²) in [5, 5.41) is 2.81. The standard InChI is InChI=1S/C23H31N3O5S/c1-17(2)24-23(28)18(3)25(15-19-11-7-6-8-12-19)22(27)16-26(32(5,29)30)20-13-9-10-14-21(20)31-4/h6-14,17-18H,15-16H2,1-5H3,(H,24,28)/t18-/m0/s1. The average molecular weight is 462 g/mol. The van der Waals surface area contributed by atoms with Crippen molar-refractivity contribution in [3.05, 3.63) is 60.2 Å². The summed E-state index contributed by atoms with van der Waals surface area (Å²) in [6, 6.07) is 14.9. The Kier molecular flexibility index (Phi) is 8.65. The zero-order valence-electron chi connectivity index (χ0n) is 19.1. The lowest BCUT2D eigenvalue weighted by Crippen LogP contribution is -2.52. The van der Waals surface area contributed by atoms with Crippen LogP contribution in [0.3, 0.4) is 0 Å². The van der Waals surface area contributed by atoms with E-state index in [1.807, 2.05) is 44.2 Å². The maximum atomic E-state index is 13.4. The summed E-state index contributed by atoms with van der Waals surface area (Å²) < 4.78 is 31.5. The van der Waals surface area contributed by atoms with E-state index in [1.54, 1.807) is 31.2 Å². The van der Waals surface area contributed by atoms with E-state index in [0.29, 0.717) is 5.75 Å². The maximum absolute atomic E-state index is 13.4. The number of sulfonamides is 1. The SMILES string of the molecule is COc1ccccc1N(CC(=O)N(Cc1ccccc1)[C@@H](C)C(=O)NC(C)C)S(C)(=O)=O. The Hall–Kier alpha value is -3.07. The second kappa shape index (κ2) is 11.0. The molecule has 32 heavy (non-hydrogen) atoms. The third-order valence-electron chi connectivity index (χ3n) is 4.83. The Bertz CT molecular complexity index is 1020. The molecule has 2 rings (SSSR count). The van der Waals surface area contributed by atoms with E-state index < -0.39 is 28.5 Å². The van der Waals surface area contributed by atoms with Crippen LogP contribution in [0.1, 0.15) is 26.3 Å². The van der Waals surface area contributed by atoms with Crippen LogP contribution in [0.25, 0.3) is 0 Å². The summed E-state index contributed by atoms with van der Waals surface area (Å²) in [5.74, 6) is -0.491. The number of methoxy groups -OCH3 is 1. The third-order valence-corrected chi connectivity index (χ3v) is 5.95. The van der Waals surface area contributed by atoms with Crippen LogP contribution in [0.4, 0.5) is 5.69 Å². The van der Waals surface area contributed by atoms with E-state index in [2.05, 4.69) is 5.32 Å². The molecule has 2 aromatic carbocycles. The molecule has 0 saturated carbocycles. The summed E-state index contributed by atoms with van der Waals surface area (Å²) in [4.78, 5) is 27.5. The minimum atomic E-state index is -3.81. The lowest BCUT2D eigenvalue weighted by atomic mass is 10.1. The highest BCUT2D eigenvalue weighted by Crippen LogP contribution is 2.29. The minimum absolute atomic E-state index is 0.0975. The number of carbonyl (C=O) groups excluding carboxylic acids is 2. The number of amides is 2. The largest absolute Gasteiger partial charge is 0.495 e. The highest BCUT2D eigenvalue weighted by atomic mass is 32.2. The van der Waals surface area contributed by atoms with Crippen molar-refractivity contribution in [2.45, 2.75) is 39.4 Å². The zero-order valence-corrected chi connectivity index (χ0v) is 19.9. The molecular formula is C23H31N3O5S. The molecule has 1 atom stereocenters. The Morgan fingerprint density at radius 2 is 1.59 bits per heavy atom. The minimum Gasteiger partial charge on any atom is -0.495 e. The van der Waals surface area contributed by atoms with Gasteiger partial charge in [-0.25, -0.2) is 8.42 Å². The molecule has 0 unspecified atom stereocenters. The quantitative estimate of drug-likeness (QED) is 0.586. The van der Waals surface area contributed by atoms with Gasteiger partial charge in [-0.05, 0) is 38.5 Å². The molecule has 2 aromatic rings. The van der Waals surface area contributed by atoms with Gasteiger partial charge in [0.15, 0.2) is 0 Å². The molecule has 0 fully saturated rings. The summed E-state index contributed by atoms with van der Waals surface area (Å²) in [7, 11) is -2.38. The van der Waals surface area contributed by atoms with Gasteiger partial charge in [-0.15, -0.1) is 0 Å². The number of anilines is 1. The van der Waals surface area contributed by atoms with Crippen LogP contribution in [-0.2, 0) is 26.2 Å². The number of hydrogen-bond acceptors (Lipinski definition) is 5. The average Bonchev–Trinajstić information content (AvgIpc) is 2.74. The Morgan fingerprint density at radius 1 is 1.00 bits per heavy atom. The number of benzene rings is 2. The van der Waals surface area contributed by atoms with Crippen molar-refractivity contribution in [2.75, 3.05) is 24.2 Å². The van der Waals surface area contributed by atoms with Crippen LogP contribution in [0.2, 0.25) is 0 Å². The molecule has 174 valence electrons. The number of rotatable bonds is 10. The highest BCUT2D eigenvalue weighted by Gasteiger charge is 2.31. The van der Waals surface area contributed by atoms with Gasteiger partial charge in [0.05, 0.1) is 19.1 Å². The number of ether oxygens (including phenoxy) is 1. The topological polar surface area (TPSA) is 96.0 Å². The predicted molar refractivity (Wildman–Crippen MR) is 125 cm³/mol. The van der Waals surface area contributed by atoms with E-state index in [9.17, 15) is 18.0 Å². The number of nitrogens with zero attached hydrogens (tertiary/aromatic N) is 2. The molecule has 0 aliphatic carbocycles. The van der Waals surface area contributed by atoms with Gasteiger partial charge in [-0.1, -0.05) is 42.5 Å². The van der Waals surface area contributed by atoms with E-state index in [1.165, 1.54) is 12.0 Å². The van der Waals surface area contributed by atoms with Gasteiger partial charge in [0.25, 0.3) is 0 Å². The number of para-hydroxylation sites is 2. The van der Waals surface area contributed by atoms with Crippen molar-refractivity contribution in [2.24, 2.45) is 0 Å². The molecule has 9 heteroatoms. The first-order valence-corrected chi connectivity index (χ1v) is 12.1. The van der Waals surface area contributed by atoms with Crippen LogP contribution in [0, 0.1) is 0 Å². The fourth-order valence-electron chi connectivity index (χ4n) is 3.20. The van der Waals surface area contributed by atoms with Gasteiger partial charge in [0.1, 0.15) is 18.3 Å². The summed E-state index contributed by atoms with van der Waals surface area (Å²) in [6.07, 6.45) is 1.03. The molecule has 0 heterocycles. The van der Waals surface area contributed by atoms with Gasteiger partial charge >= 0.3 is 0 Å². The first kappa shape index (κ1) is 25.2. The molecule has 0 spiro atoms. The molecule has 0 aliphatic heterocycles. The van der Waals surface area contributed by atoms with Crippen LogP contribution in [0.15, 0.2) is 54.6 Å². The van der Waals surface area contributed by atoms with Crippen molar-refractivity contribution < 1.29 is 22.7 Å². The number of carbonyl (C=O) groups is 2. The van der Waals surface area contributed by atoms with E-state index >= 15 is 0 Å².